The molecule has 3 heteroatoms. The van der Waals surface area contributed by atoms with E-state index < -0.39 is 6.10 Å². The van der Waals surface area contributed by atoms with E-state index in [1.807, 2.05) is 24.3 Å². The Bertz CT molecular complexity index is 388. The van der Waals surface area contributed by atoms with Crippen LogP contribution in [0.2, 0.25) is 5.02 Å². The summed E-state index contributed by atoms with van der Waals surface area (Å²) in [5, 5.41) is 11.2. The van der Waals surface area contributed by atoms with Crippen LogP contribution in [0.15, 0.2) is 24.3 Å². The molecule has 0 amide bonds. The molecule has 0 saturated heterocycles. The molecule has 0 bridgehead atoms. The van der Waals surface area contributed by atoms with Crippen LogP contribution in [-0.4, -0.2) is 24.4 Å². The highest BCUT2D eigenvalue weighted by Gasteiger charge is 2.29. The molecule has 19 heavy (non-hydrogen) atoms. The van der Waals surface area contributed by atoms with Crippen molar-refractivity contribution in [1.82, 2.24) is 0 Å². The number of halogens is 1. The van der Waals surface area contributed by atoms with Gasteiger partial charge in [-0.3, -0.25) is 0 Å². The number of ether oxygens (including phenoxy) is 1. The van der Waals surface area contributed by atoms with Crippen LogP contribution in [0, 0.1) is 5.92 Å². The van der Waals surface area contributed by atoms with Crippen LogP contribution in [0.4, 0.5) is 0 Å². The van der Waals surface area contributed by atoms with Crippen LogP contribution in [0.3, 0.4) is 0 Å². The highest BCUT2D eigenvalue weighted by atomic mass is 35.5. The summed E-state index contributed by atoms with van der Waals surface area (Å²) in [5.41, 5.74) is 1.07. The molecular formula is C16H23ClO2. The van der Waals surface area contributed by atoms with Crippen molar-refractivity contribution in [2.24, 2.45) is 5.92 Å². The third-order valence-electron chi connectivity index (χ3n) is 4.10. The van der Waals surface area contributed by atoms with E-state index in [1.165, 1.54) is 32.1 Å². The van der Waals surface area contributed by atoms with Gasteiger partial charge in [0.2, 0.25) is 0 Å². The van der Waals surface area contributed by atoms with Gasteiger partial charge in [0, 0.05) is 18.6 Å². The van der Waals surface area contributed by atoms with Gasteiger partial charge in [-0.15, -0.1) is 0 Å². The van der Waals surface area contributed by atoms with Gasteiger partial charge < -0.3 is 9.84 Å². The van der Waals surface area contributed by atoms with Gasteiger partial charge in [-0.25, -0.2) is 0 Å². The number of hydrogen-bond donors (Lipinski definition) is 1. The Morgan fingerprint density at radius 3 is 2.68 bits per heavy atom. The Kier molecular flexibility index (Phi) is 5.68. The van der Waals surface area contributed by atoms with Crippen molar-refractivity contribution >= 4 is 11.6 Å². The maximum atomic E-state index is 10.4. The Balaban J connectivity index is 1.97. The highest BCUT2D eigenvalue weighted by molar-refractivity contribution is 6.30. The molecule has 0 aromatic heterocycles. The summed E-state index contributed by atoms with van der Waals surface area (Å²) in [6.45, 7) is 0. The van der Waals surface area contributed by atoms with Crippen LogP contribution in [0.25, 0.3) is 0 Å². The molecule has 2 unspecified atom stereocenters. The molecule has 2 nitrogen and oxygen atoms in total. The van der Waals surface area contributed by atoms with E-state index in [1.54, 1.807) is 7.11 Å². The number of hydrogen-bond acceptors (Lipinski definition) is 2. The number of aliphatic hydroxyl groups excluding tert-OH is 1. The Hall–Kier alpha value is -0.570. The molecule has 106 valence electrons. The molecule has 2 rings (SSSR count). The van der Waals surface area contributed by atoms with E-state index in [-0.39, 0.29) is 6.10 Å². The predicted octanol–water partition coefficient (Wildman–Crippen LogP) is 3.84. The van der Waals surface area contributed by atoms with Gasteiger partial charge >= 0.3 is 0 Å². The molecule has 0 aliphatic heterocycles. The van der Waals surface area contributed by atoms with Gasteiger partial charge in [-0.2, -0.15) is 0 Å². The quantitative estimate of drug-likeness (QED) is 0.889. The lowest BCUT2D eigenvalue weighted by atomic mass is 9.82. The van der Waals surface area contributed by atoms with Crippen LogP contribution in [0.5, 0.6) is 0 Å². The minimum absolute atomic E-state index is 0.0562. The van der Waals surface area contributed by atoms with Gasteiger partial charge in [0.05, 0.1) is 12.2 Å². The lowest BCUT2D eigenvalue weighted by Crippen LogP contribution is -2.37. The Morgan fingerprint density at radius 2 is 2.05 bits per heavy atom. The maximum Gasteiger partial charge on any atom is 0.0861 e. The van der Waals surface area contributed by atoms with Crippen molar-refractivity contribution in [2.45, 2.75) is 50.7 Å². The zero-order chi connectivity index (χ0) is 13.7. The zero-order valence-corrected chi connectivity index (χ0v) is 12.3. The minimum Gasteiger partial charge on any atom is -0.390 e. The van der Waals surface area contributed by atoms with E-state index >= 15 is 0 Å². The number of methoxy groups -OCH3 is 1. The normalized spacial score (nSPS) is 20.2. The molecule has 0 heterocycles. The first-order valence-corrected chi connectivity index (χ1v) is 7.54. The van der Waals surface area contributed by atoms with Crippen molar-refractivity contribution in [3.8, 4) is 0 Å². The fourth-order valence-electron chi connectivity index (χ4n) is 3.15. The first-order chi connectivity index (χ1) is 9.20. The average molecular weight is 283 g/mol. The average Bonchev–Trinajstić information content (AvgIpc) is 2.41. The van der Waals surface area contributed by atoms with Crippen LogP contribution >= 0.6 is 11.6 Å². The summed E-state index contributed by atoms with van der Waals surface area (Å²) in [7, 11) is 1.71. The van der Waals surface area contributed by atoms with E-state index in [4.69, 9.17) is 16.3 Å². The predicted molar refractivity (Wildman–Crippen MR) is 78.5 cm³/mol. The molecule has 1 saturated carbocycles. The van der Waals surface area contributed by atoms with E-state index in [0.29, 0.717) is 12.3 Å². The Labute approximate surface area is 120 Å². The molecule has 0 spiro atoms. The van der Waals surface area contributed by atoms with Crippen molar-refractivity contribution in [3.63, 3.8) is 0 Å². The number of rotatable bonds is 5. The van der Waals surface area contributed by atoms with E-state index in [2.05, 4.69) is 0 Å². The minimum atomic E-state index is -0.452. The van der Waals surface area contributed by atoms with E-state index in [9.17, 15) is 5.11 Å². The lowest BCUT2D eigenvalue weighted by Gasteiger charge is -2.32. The zero-order valence-electron chi connectivity index (χ0n) is 11.5. The van der Waals surface area contributed by atoms with Crippen molar-refractivity contribution in [1.29, 1.82) is 0 Å². The molecule has 1 aliphatic rings. The summed E-state index contributed by atoms with van der Waals surface area (Å²) < 4.78 is 5.57. The van der Waals surface area contributed by atoms with Gasteiger partial charge in [-0.1, -0.05) is 43.0 Å². The third-order valence-corrected chi connectivity index (χ3v) is 4.33. The maximum absolute atomic E-state index is 10.4. The summed E-state index contributed by atoms with van der Waals surface area (Å²) in [4.78, 5) is 0. The van der Waals surface area contributed by atoms with Crippen LogP contribution < -0.4 is 0 Å². The molecular weight excluding hydrogens is 260 g/mol. The second kappa shape index (κ2) is 7.28. The fraction of sp³-hybridized carbons (Fsp3) is 0.625. The SMILES string of the molecule is COC(C(O)Cc1cccc(Cl)c1)C1CCCCC1. The molecule has 0 radical (unpaired) electrons. The van der Waals surface area contributed by atoms with Crippen molar-refractivity contribution in [3.05, 3.63) is 34.9 Å². The summed E-state index contributed by atoms with van der Waals surface area (Å²) >= 11 is 5.98. The Morgan fingerprint density at radius 1 is 1.32 bits per heavy atom. The number of benzene rings is 1. The van der Waals surface area contributed by atoms with Crippen LogP contribution in [0.1, 0.15) is 37.7 Å². The molecule has 1 aliphatic carbocycles. The molecule has 2 atom stereocenters. The largest absolute Gasteiger partial charge is 0.390 e. The lowest BCUT2D eigenvalue weighted by molar-refractivity contribution is -0.0535. The first kappa shape index (κ1) is 14.8. The van der Waals surface area contributed by atoms with Gasteiger partial charge in [0.1, 0.15) is 0 Å². The number of aliphatic hydroxyl groups is 1. The van der Waals surface area contributed by atoms with Gasteiger partial charge in [0.15, 0.2) is 0 Å². The van der Waals surface area contributed by atoms with Gasteiger partial charge in [0.25, 0.3) is 0 Å². The molecule has 1 fully saturated rings. The van der Waals surface area contributed by atoms with Crippen molar-refractivity contribution in [2.75, 3.05) is 7.11 Å². The molecule has 1 aromatic carbocycles. The fourth-order valence-corrected chi connectivity index (χ4v) is 3.36. The highest BCUT2D eigenvalue weighted by Crippen LogP contribution is 2.30. The summed E-state index contributed by atoms with van der Waals surface area (Å²) in [5.74, 6) is 0.493. The second-order valence-corrected chi connectivity index (χ2v) is 5.94. The molecule has 1 aromatic rings. The summed E-state index contributed by atoms with van der Waals surface area (Å²) in [6, 6.07) is 7.69. The standard InChI is InChI=1S/C16H23ClO2/c1-19-16(13-7-3-2-4-8-13)15(18)11-12-6-5-9-14(17)10-12/h5-6,9-10,13,15-16,18H,2-4,7-8,11H2,1H3. The summed E-state index contributed by atoms with van der Waals surface area (Å²) in [6.07, 6.45) is 6.28. The smallest absolute Gasteiger partial charge is 0.0861 e. The third kappa shape index (κ3) is 4.20. The van der Waals surface area contributed by atoms with Gasteiger partial charge in [-0.05, 0) is 36.5 Å². The van der Waals surface area contributed by atoms with Crippen molar-refractivity contribution < 1.29 is 9.84 Å². The molecule has 1 N–H and O–H groups in total. The topological polar surface area (TPSA) is 29.5 Å². The monoisotopic (exact) mass is 282 g/mol. The second-order valence-electron chi connectivity index (χ2n) is 5.50. The first-order valence-electron chi connectivity index (χ1n) is 7.16. The van der Waals surface area contributed by atoms with E-state index in [0.717, 1.165) is 10.6 Å². The van der Waals surface area contributed by atoms with Crippen LogP contribution in [-0.2, 0) is 11.2 Å².